The molecule has 19 heavy (non-hydrogen) atoms. The molecule has 0 aliphatic heterocycles. The van der Waals surface area contributed by atoms with Gasteiger partial charge in [0.1, 0.15) is 5.82 Å². The summed E-state index contributed by atoms with van der Waals surface area (Å²) in [6.45, 7) is 0.404. The third kappa shape index (κ3) is 4.01. The van der Waals surface area contributed by atoms with Crippen molar-refractivity contribution < 1.29 is 9.18 Å². The van der Waals surface area contributed by atoms with Crippen LogP contribution in [0.5, 0.6) is 0 Å². The van der Waals surface area contributed by atoms with E-state index in [4.69, 9.17) is 5.73 Å². The fraction of sp³-hybridized carbons (Fsp3) is 0.500. The second kappa shape index (κ2) is 6.48. The molecule has 0 heterocycles. The Kier molecular flexibility index (Phi) is 4.93. The van der Waals surface area contributed by atoms with Crippen LogP contribution < -0.4 is 11.1 Å². The zero-order chi connectivity index (χ0) is 13.8. The van der Waals surface area contributed by atoms with E-state index in [0.29, 0.717) is 23.4 Å². The van der Waals surface area contributed by atoms with Gasteiger partial charge in [-0.25, -0.2) is 4.39 Å². The number of hydrogen-bond donors (Lipinski definition) is 2. The van der Waals surface area contributed by atoms with E-state index in [1.807, 2.05) is 0 Å². The molecule has 0 bridgehead atoms. The largest absolute Gasteiger partial charge is 0.352 e. The van der Waals surface area contributed by atoms with Crippen molar-refractivity contribution in [3.8, 4) is 0 Å². The summed E-state index contributed by atoms with van der Waals surface area (Å²) in [6.07, 6.45) is 3.65. The number of nitrogens with one attached hydrogen (secondary N) is 1. The molecule has 1 aromatic carbocycles. The lowest BCUT2D eigenvalue weighted by Gasteiger charge is -2.15. The van der Waals surface area contributed by atoms with Gasteiger partial charge in [0.15, 0.2) is 0 Å². The highest BCUT2D eigenvalue weighted by atomic mass is 79.9. The molecule has 0 saturated heterocycles. The van der Waals surface area contributed by atoms with Gasteiger partial charge in [-0.15, -0.1) is 0 Å². The van der Waals surface area contributed by atoms with Crippen LogP contribution in [0.25, 0.3) is 0 Å². The fourth-order valence-corrected chi connectivity index (χ4v) is 2.98. The SMILES string of the molecule is N[C@@H]1CCC[C@H]1CC(=O)NCc1ccc(F)cc1Br. The molecule has 1 aromatic rings. The van der Waals surface area contributed by atoms with E-state index in [0.717, 1.165) is 24.8 Å². The molecule has 104 valence electrons. The van der Waals surface area contributed by atoms with Crippen molar-refractivity contribution in [3.63, 3.8) is 0 Å². The lowest BCUT2D eigenvalue weighted by atomic mass is 10.00. The van der Waals surface area contributed by atoms with Crippen molar-refractivity contribution in [1.82, 2.24) is 5.32 Å². The van der Waals surface area contributed by atoms with Crippen LogP contribution in [-0.2, 0) is 11.3 Å². The normalized spacial score (nSPS) is 22.5. The van der Waals surface area contributed by atoms with Crippen LogP contribution >= 0.6 is 15.9 Å². The van der Waals surface area contributed by atoms with Crippen molar-refractivity contribution in [2.24, 2.45) is 11.7 Å². The molecule has 3 nitrogen and oxygen atoms in total. The average molecular weight is 329 g/mol. The Morgan fingerprint density at radius 2 is 2.26 bits per heavy atom. The Morgan fingerprint density at radius 3 is 2.89 bits per heavy atom. The van der Waals surface area contributed by atoms with Crippen molar-refractivity contribution in [1.29, 1.82) is 0 Å². The summed E-state index contributed by atoms with van der Waals surface area (Å²) < 4.78 is 13.6. The second-order valence-corrected chi connectivity index (χ2v) is 5.93. The molecule has 0 spiro atoms. The van der Waals surface area contributed by atoms with E-state index >= 15 is 0 Å². The molecular weight excluding hydrogens is 311 g/mol. The number of halogens is 2. The predicted molar refractivity (Wildman–Crippen MR) is 75.9 cm³/mol. The quantitative estimate of drug-likeness (QED) is 0.892. The minimum Gasteiger partial charge on any atom is -0.352 e. The third-order valence-electron chi connectivity index (χ3n) is 3.66. The molecule has 0 unspecified atom stereocenters. The van der Waals surface area contributed by atoms with Gasteiger partial charge in [0.2, 0.25) is 5.91 Å². The number of hydrogen-bond acceptors (Lipinski definition) is 2. The molecule has 0 radical (unpaired) electrons. The molecule has 1 aliphatic rings. The Balaban J connectivity index is 1.83. The summed E-state index contributed by atoms with van der Waals surface area (Å²) in [6, 6.07) is 4.61. The highest BCUT2D eigenvalue weighted by Gasteiger charge is 2.25. The van der Waals surface area contributed by atoms with Crippen LogP contribution in [0.3, 0.4) is 0 Å². The van der Waals surface area contributed by atoms with Crippen LogP contribution in [0.2, 0.25) is 0 Å². The van der Waals surface area contributed by atoms with E-state index in [1.54, 1.807) is 6.07 Å². The molecule has 0 aromatic heterocycles. The topological polar surface area (TPSA) is 55.1 Å². The first-order chi connectivity index (χ1) is 9.06. The van der Waals surface area contributed by atoms with E-state index in [-0.39, 0.29) is 17.8 Å². The molecular formula is C14H18BrFN2O. The fourth-order valence-electron chi connectivity index (χ4n) is 2.49. The molecule has 2 rings (SSSR count). The maximum atomic E-state index is 12.9. The summed E-state index contributed by atoms with van der Waals surface area (Å²) in [5.41, 5.74) is 6.81. The number of rotatable bonds is 4. The van der Waals surface area contributed by atoms with Crippen LogP contribution in [0, 0.1) is 11.7 Å². The Labute approximate surface area is 120 Å². The molecule has 1 saturated carbocycles. The van der Waals surface area contributed by atoms with Gasteiger partial charge >= 0.3 is 0 Å². The molecule has 1 fully saturated rings. The summed E-state index contributed by atoms with van der Waals surface area (Å²) in [7, 11) is 0. The minimum absolute atomic E-state index is 0.0126. The molecule has 5 heteroatoms. The predicted octanol–water partition coefficient (Wildman–Crippen LogP) is 2.72. The maximum absolute atomic E-state index is 12.9. The Hall–Kier alpha value is -0.940. The highest BCUT2D eigenvalue weighted by molar-refractivity contribution is 9.10. The second-order valence-electron chi connectivity index (χ2n) is 5.07. The lowest BCUT2D eigenvalue weighted by Crippen LogP contribution is -2.31. The molecule has 3 N–H and O–H groups in total. The van der Waals surface area contributed by atoms with Gasteiger partial charge in [0, 0.05) is 23.5 Å². The van der Waals surface area contributed by atoms with Crippen LogP contribution in [0.15, 0.2) is 22.7 Å². The first-order valence-electron chi connectivity index (χ1n) is 6.52. The number of carbonyl (C=O) groups is 1. The zero-order valence-corrected chi connectivity index (χ0v) is 12.2. The number of carbonyl (C=O) groups excluding carboxylic acids is 1. The molecule has 2 atom stereocenters. The standard InChI is InChI=1S/C14H18BrFN2O/c15-12-7-11(16)5-4-10(12)8-18-14(19)6-9-2-1-3-13(9)17/h4-5,7,9,13H,1-3,6,8,17H2,(H,18,19)/t9-,13+/m0/s1. The van der Waals surface area contributed by atoms with Crippen molar-refractivity contribution in [3.05, 3.63) is 34.1 Å². The average Bonchev–Trinajstić information content (AvgIpc) is 2.74. The third-order valence-corrected chi connectivity index (χ3v) is 4.39. The lowest BCUT2D eigenvalue weighted by molar-refractivity contribution is -0.122. The van der Waals surface area contributed by atoms with Gasteiger partial charge in [-0.05, 0) is 36.5 Å². The molecule has 1 aliphatic carbocycles. The maximum Gasteiger partial charge on any atom is 0.220 e. The van der Waals surface area contributed by atoms with Gasteiger partial charge in [-0.3, -0.25) is 4.79 Å². The summed E-state index contributed by atoms with van der Waals surface area (Å²) in [5, 5.41) is 2.86. The number of benzene rings is 1. The van der Waals surface area contributed by atoms with Gasteiger partial charge in [0.25, 0.3) is 0 Å². The number of amides is 1. The minimum atomic E-state index is -0.293. The van der Waals surface area contributed by atoms with Crippen molar-refractivity contribution >= 4 is 21.8 Å². The monoisotopic (exact) mass is 328 g/mol. The summed E-state index contributed by atoms with van der Waals surface area (Å²) >= 11 is 3.28. The Bertz CT molecular complexity index is 467. The van der Waals surface area contributed by atoms with Crippen molar-refractivity contribution in [2.45, 2.75) is 38.3 Å². The van der Waals surface area contributed by atoms with Gasteiger partial charge < -0.3 is 11.1 Å². The number of nitrogens with two attached hydrogens (primary N) is 1. The van der Waals surface area contributed by atoms with Gasteiger partial charge in [-0.2, -0.15) is 0 Å². The highest BCUT2D eigenvalue weighted by Crippen LogP contribution is 2.26. The summed E-state index contributed by atoms with van der Waals surface area (Å²) in [4.78, 5) is 11.8. The smallest absolute Gasteiger partial charge is 0.220 e. The van der Waals surface area contributed by atoms with Crippen LogP contribution in [0.1, 0.15) is 31.2 Å². The van der Waals surface area contributed by atoms with E-state index < -0.39 is 0 Å². The zero-order valence-electron chi connectivity index (χ0n) is 10.7. The first-order valence-corrected chi connectivity index (χ1v) is 7.32. The van der Waals surface area contributed by atoms with E-state index in [1.165, 1.54) is 12.1 Å². The van der Waals surface area contributed by atoms with E-state index in [9.17, 15) is 9.18 Å². The Morgan fingerprint density at radius 1 is 1.47 bits per heavy atom. The van der Waals surface area contributed by atoms with E-state index in [2.05, 4.69) is 21.2 Å². The van der Waals surface area contributed by atoms with Crippen LogP contribution in [0.4, 0.5) is 4.39 Å². The van der Waals surface area contributed by atoms with Crippen molar-refractivity contribution in [2.75, 3.05) is 0 Å². The van der Waals surface area contributed by atoms with Gasteiger partial charge in [0.05, 0.1) is 0 Å². The molecule has 1 amide bonds. The van der Waals surface area contributed by atoms with Crippen LogP contribution in [-0.4, -0.2) is 11.9 Å². The summed E-state index contributed by atoms with van der Waals surface area (Å²) in [5.74, 6) is 0.0223. The van der Waals surface area contributed by atoms with Gasteiger partial charge in [-0.1, -0.05) is 28.4 Å². The first kappa shape index (κ1) is 14.5.